The molecule has 0 saturated heterocycles. The lowest BCUT2D eigenvalue weighted by Crippen LogP contribution is -2.48. The molecule has 0 fully saturated rings. The van der Waals surface area contributed by atoms with Crippen LogP contribution in [0.4, 0.5) is 5.69 Å². The molecule has 1 atom stereocenters. The molecule has 0 aromatic heterocycles. The van der Waals surface area contributed by atoms with Crippen LogP contribution < -0.4 is 29.7 Å². The topological polar surface area (TPSA) is 151 Å². The molecule has 3 aromatic rings. The van der Waals surface area contributed by atoms with Crippen molar-refractivity contribution >= 4 is 23.7 Å². The Labute approximate surface area is 230 Å². The first-order chi connectivity index (χ1) is 19.3. The molecule has 1 heterocycles. The maximum absolute atomic E-state index is 12.9. The van der Waals surface area contributed by atoms with E-state index in [9.17, 15) is 19.7 Å². The quantitative estimate of drug-likeness (QED) is 0.209. The van der Waals surface area contributed by atoms with Gasteiger partial charge in [0.15, 0.2) is 23.0 Å². The van der Waals surface area contributed by atoms with Gasteiger partial charge in [-0.15, -0.1) is 0 Å². The first-order valence-corrected chi connectivity index (χ1v) is 12.3. The van der Waals surface area contributed by atoms with Crippen molar-refractivity contribution in [3.8, 4) is 23.0 Å². The zero-order valence-corrected chi connectivity index (χ0v) is 22.1. The Bertz CT molecular complexity index is 1430. The highest BCUT2D eigenvalue weighted by molar-refractivity contribution is 5.98. The standard InChI is InChI=1S/C28H28N4O8/c1-17(2)26(30-27(33)19-9-10-22-24(11-19)40-16-39-22)28(34)31-29-14-20-12-23(37-3)25(13-21(20)32(35)36)38-15-18-7-5-4-6-8-18/h4-14,17,26H,15-16H2,1-3H3,(H,30,33)(H,31,34). The largest absolute Gasteiger partial charge is 0.493 e. The minimum Gasteiger partial charge on any atom is -0.493 e. The van der Waals surface area contributed by atoms with E-state index in [-0.39, 0.29) is 42.1 Å². The van der Waals surface area contributed by atoms with Gasteiger partial charge in [-0.2, -0.15) is 5.10 Å². The van der Waals surface area contributed by atoms with Crippen LogP contribution >= 0.6 is 0 Å². The zero-order valence-electron chi connectivity index (χ0n) is 22.1. The molecule has 40 heavy (non-hydrogen) atoms. The van der Waals surface area contributed by atoms with Crippen molar-refractivity contribution in [2.24, 2.45) is 11.0 Å². The maximum atomic E-state index is 12.9. The molecule has 1 aliphatic heterocycles. The molecule has 12 nitrogen and oxygen atoms in total. The second kappa shape index (κ2) is 12.6. The molecule has 0 aliphatic carbocycles. The molecule has 1 aliphatic rings. The number of fused-ring (bicyclic) bond motifs is 1. The normalized spacial score (nSPS) is 12.7. The van der Waals surface area contributed by atoms with E-state index < -0.39 is 22.8 Å². The molecule has 4 rings (SSSR count). The number of carbonyl (C=O) groups is 2. The summed E-state index contributed by atoms with van der Waals surface area (Å²) in [6.45, 7) is 3.78. The van der Waals surface area contributed by atoms with E-state index in [1.165, 1.54) is 25.3 Å². The average Bonchev–Trinajstić information content (AvgIpc) is 3.43. The summed E-state index contributed by atoms with van der Waals surface area (Å²) in [5, 5.41) is 18.4. The van der Waals surface area contributed by atoms with Gasteiger partial charge in [0, 0.05) is 5.56 Å². The van der Waals surface area contributed by atoms with Crippen LogP contribution in [0, 0.1) is 16.0 Å². The molecule has 1 unspecified atom stereocenters. The van der Waals surface area contributed by atoms with Crippen LogP contribution in [-0.2, 0) is 11.4 Å². The number of nitrogens with zero attached hydrogens (tertiary/aromatic N) is 2. The van der Waals surface area contributed by atoms with Crippen molar-refractivity contribution in [2.75, 3.05) is 13.9 Å². The fraction of sp³-hybridized carbons (Fsp3) is 0.250. The first-order valence-electron chi connectivity index (χ1n) is 12.3. The Morgan fingerprint density at radius 3 is 2.52 bits per heavy atom. The van der Waals surface area contributed by atoms with Gasteiger partial charge in [0.05, 0.1) is 29.9 Å². The van der Waals surface area contributed by atoms with E-state index in [0.717, 1.165) is 11.8 Å². The number of hydrogen-bond acceptors (Lipinski definition) is 9. The molecule has 208 valence electrons. The minimum absolute atomic E-state index is 0.0723. The summed E-state index contributed by atoms with van der Waals surface area (Å²) >= 11 is 0. The number of hydrogen-bond donors (Lipinski definition) is 2. The van der Waals surface area contributed by atoms with E-state index in [1.807, 2.05) is 30.3 Å². The molecule has 0 radical (unpaired) electrons. The van der Waals surface area contributed by atoms with Crippen molar-refractivity contribution in [1.82, 2.24) is 10.7 Å². The fourth-order valence-electron chi connectivity index (χ4n) is 3.87. The highest BCUT2D eigenvalue weighted by atomic mass is 16.7. The fourth-order valence-corrected chi connectivity index (χ4v) is 3.87. The highest BCUT2D eigenvalue weighted by Gasteiger charge is 2.26. The average molecular weight is 549 g/mol. The molecule has 12 heteroatoms. The monoisotopic (exact) mass is 548 g/mol. The molecular formula is C28H28N4O8. The third-order valence-corrected chi connectivity index (χ3v) is 6.00. The summed E-state index contributed by atoms with van der Waals surface area (Å²) in [7, 11) is 1.41. The van der Waals surface area contributed by atoms with Crippen LogP contribution in [-0.4, -0.2) is 42.9 Å². The van der Waals surface area contributed by atoms with Gasteiger partial charge in [0.25, 0.3) is 17.5 Å². The Morgan fingerprint density at radius 1 is 1.07 bits per heavy atom. The number of methoxy groups -OCH3 is 1. The van der Waals surface area contributed by atoms with E-state index in [2.05, 4.69) is 15.8 Å². The van der Waals surface area contributed by atoms with E-state index in [4.69, 9.17) is 18.9 Å². The van der Waals surface area contributed by atoms with Gasteiger partial charge in [-0.1, -0.05) is 44.2 Å². The Balaban J connectivity index is 1.45. The van der Waals surface area contributed by atoms with Crippen LogP contribution in [0.25, 0.3) is 0 Å². The van der Waals surface area contributed by atoms with Crippen molar-refractivity contribution in [3.63, 3.8) is 0 Å². The lowest BCUT2D eigenvalue weighted by molar-refractivity contribution is -0.385. The number of amides is 2. The predicted octanol–water partition coefficient (Wildman–Crippen LogP) is 3.82. The maximum Gasteiger partial charge on any atom is 0.282 e. The second-order valence-electron chi connectivity index (χ2n) is 9.09. The van der Waals surface area contributed by atoms with Gasteiger partial charge in [-0.25, -0.2) is 5.43 Å². The SMILES string of the molecule is COc1cc(C=NNC(=O)C(NC(=O)c2ccc3c(c2)OCO3)C(C)C)c([N+](=O)[O-])cc1OCc1ccccc1. The third kappa shape index (κ3) is 6.65. The molecule has 2 N–H and O–H groups in total. The molecule has 3 aromatic carbocycles. The molecular weight excluding hydrogens is 520 g/mol. The number of ether oxygens (including phenoxy) is 4. The van der Waals surface area contributed by atoms with Crippen molar-refractivity contribution < 1.29 is 33.5 Å². The zero-order chi connectivity index (χ0) is 28.6. The Morgan fingerprint density at radius 2 is 1.82 bits per heavy atom. The summed E-state index contributed by atoms with van der Waals surface area (Å²) in [6, 6.07) is 15.7. The van der Waals surface area contributed by atoms with Gasteiger partial charge in [-0.3, -0.25) is 19.7 Å². The van der Waals surface area contributed by atoms with E-state index >= 15 is 0 Å². The van der Waals surface area contributed by atoms with Crippen LogP contribution in [0.3, 0.4) is 0 Å². The van der Waals surface area contributed by atoms with Gasteiger partial charge in [0.1, 0.15) is 12.6 Å². The molecule has 0 saturated carbocycles. The Hall–Kier alpha value is -5.13. The first kappa shape index (κ1) is 27.9. The van der Waals surface area contributed by atoms with E-state index in [0.29, 0.717) is 17.1 Å². The van der Waals surface area contributed by atoms with Crippen LogP contribution in [0.15, 0.2) is 65.8 Å². The predicted molar refractivity (Wildman–Crippen MR) is 145 cm³/mol. The number of nitro benzene ring substituents is 1. The van der Waals surface area contributed by atoms with Crippen molar-refractivity contribution in [3.05, 3.63) is 87.5 Å². The lowest BCUT2D eigenvalue weighted by atomic mass is 10.0. The summed E-state index contributed by atoms with van der Waals surface area (Å²) in [4.78, 5) is 36.9. The number of nitrogens with one attached hydrogen (secondary N) is 2. The van der Waals surface area contributed by atoms with Crippen LogP contribution in [0.1, 0.15) is 35.3 Å². The number of rotatable bonds is 11. The van der Waals surface area contributed by atoms with Crippen LogP contribution in [0.5, 0.6) is 23.0 Å². The van der Waals surface area contributed by atoms with Gasteiger partial charge in [0.2, 0.25) is 6.79 Å². The van der Waals surface area contributed by atoms with Crippen molar-refractivity contribution in [1.29, 1.82) is 0 Å². The summed E-state index contributed by atoms with van der Waals surface area (Å²) in [6.07, 6.45) is 1.14. The summed E-state index contributed by atoms with van der Waals surface area (Å²) in [5.41, 5.74) is 3.32. The summed E-state index contributed by atoms with van der Waals surface area (Å²) in [5.74, 6) is 0.0431. The lowest BCUT2D eigenvalue weighted by Gasteiger charge is -2.20. The van der Waals surface area contributed by atoms with Gasteiger partial charge >= 0.3 is 0 Å². The van der Waals surface area contributed by atoms with Crippen molar-refractivity contribution in [2.45, 2.75) is 26.5 Å². The molecule has 2 amide bonds. The van der Waals surface area contributed by atoms with Gasteiger partial charge < -0.3 is 24.3 Å². The van der Waals surface area contributed by atoms with E-state index in [1.54, 1.807) is 26.0 Å². The number of nitro groups is 1. The Kier molecular flexibility index (Phi) is 8.79. The number of hydrazone groups is 1. The molecule has 0 spiro atoms. The smallest absolute Gasteiger partial charge is 0.282 e. The number of benzene rings is 3. The minimum atomic E-state index is -0.937. The highest BCUT2D eigenvalue weighted by Crippen LogP contribution is 2.35. The third-order valence-electron chi connectivity index (χ3n) is 6.00. The number of carbonyl (C=O) groups excluding carboxylic acids is 2. The van der Waals surface area contributed by atoms with Crippen LogP contribution in [0.2, 0.25) is 0 Å². The molecule has 0 bridgehead atoms. The summed E-state index contributed by atoms with van der Waals surface area (Å²) < 4.78 is 21.7. The van der Waals surface area contributed by atoms with Gasteiger partial charge in [-0.05, 0) is 35.7 Å². The second-order valence-corrected chi connectivity index (χ2v) is 9.09.